The molecular weight excluding hydrogens is 256 g/mol. The second kappa shape index (κ2) is 9.09. The van der Waals surface area contributed by atoms with E-state index in [1.165, 1.54) is 0 Å². The predicted molar refractivity (Wildman–Crippen MR) is 77.0 cm³/mol. The summed E-state index contributed by atoms with van der Waals surface area (Å²) in [5, 5.41) is 2.58. The van der Waals surface area contributed by atoms with Gasteiger partial charge in [0, 0.05) is 26.6 Å². The number of carbonyl (C=O) groups excluding carboxylic acids is 2. The lowest BCUT2D eigenvalue weighted by Crippen LogP contribution is -2.34. The van der Waals surface area contributed by atoms with Gasteiger partial charge in [0.05, 0.1) is 13.2 Å². The number of ether oxygens (including phenoxy) is 1. The number of hydrogen-bond donors (Lipinski definition) is 1. The van der Waals surface area contributed by atoms with E-state index in [-0.39, 0.29) is 18.4 Å². The minimum Gasteiger partial charge on any atom is -0.465 e. The van der Waals surface area contributed by atoms with E-state index in [1.54, 1.807) is 14.0 Å². The fourth-order valence-corrected chi connectivity index (χ4v) is 1.83. The number of benzene rings is 1. The Morgan fingerprint density at radius 2 is 1.95 bits per heavy atom. The molecule has 5 heteroatoms. The average molecular weight is 278 g/mol. The van der Waals surface area contributed by atoms with Crippen LogP contribution in [0.1, 0.15) is 18.9 Å². The van der Waals surface area contributed by atoms with Crippen molar-refractivity contribution in [2.45, 2.75) is 19.9 Å². The molecule has 1 N–H and O–H groups in total. The summed E-state index contributed by atoms with van der Waals surface area (Å²) in [5.74, 6) is -0.299. The van der Waals surface area contributed by atoms with Gasteiger partial charge in [-0.15, -0.1) is 0 Å². The highest BCUT2D eigenvalue weighted by Gasteiger charge is 2.13. The number of carbonyl (C=O) groups is 2. The largest absolute Gasteiger partial charge is 0.465 e. The molecule has 0 saturated carbocycles. The second-order valence-electron chi connectivity index (χ2n) is 4.42. The van der Waals surface area contributed by atoms with Gasteiger partial charge in [0.15, 0.2) is 0 Å². The molecule has 0 aliphatic rings. The van der Waals surface area contributed by atoms with E-state index in [2.05, 4.69) is 5.32 Å². The molecule has 0 heterocycles. The van der Waals surface area contributed by atoms with Crippen molar-refractivity contribution in [3.63, 3.8) is 0 Å². The molecule has 0 aliphatic carbocycles. The van der Waals surface area contributed by atoms with Gasteiger partial charge in [-0.1, -0.05) is 30.3 Å². The zero-order valence-electron chi connectivity index (χ0n) is 12.1. The van der Waals surface area contributed by atoms with Crippen LogP contribution in [-0.2, 0) is 20.9 Å². The molecule has 1 rings (SSSR count). The molecule has 0 aromatic heterocycles. The van der Waals surface area contributed by atoms with Crippen LogP contribution in [0.3, 0.4) is 0 Å². The first-order valence-electron chi connectivity index (χ1n) is 6.78. The van der Waals surface area contributed by atoms with Gasteiger partial charge in [0.1, 0.15) is 0 Å². The van der Waals surface area contributed by atoms with Crippen molar-refractivity contribution >= 4 is 11.9 Å². The molecule has 1 amide bonds. The van der Waals surface area contributed by atoms with Crippen LogP contribution < -0.4 is 5.32 Å². The van der Waals surface area contributed by atoms with E-state index in [9.17, 15) is 9.59 Å². The number of nitrogens with zero attached hydrogens (tertiary/aromatic N) is 1. The van der Waals surface area contributed by atoms with Gasteiger partial charge < -0.3 is 10.1 Å². The number of rotatable bonds is 8. The third-order valence-corrected chi connectivity index (χ3v) is 2.84. The van der Waals surface area contributed by atoms with Gasteiger partial charge in [-0.05, 0) is 12.5 Å². The molecule has 0 aliphatic heterocycles. The minimum atomic E-state index is -0.264. The Labute approximate surface area is 119 Å². The monoisotopic (exact) mass is 278 g/mol. The van der Waals surface area contributed by atoms with Gasteiger partial charge >= 0.3 is 5.97 Å². The zero-order chi connectivity index (χ0) is 14.8. The summed E-state index contributed by atoms with van der Waals surface area (Å²) in [6.45, 7) is 3.49. The smallest absolute Gasteiger partial charge is 0.320 e. The summed E-state index contributed by atoms with van der Waals surface area (Å²) in [5.41, 5.74) is 1.11. The lowest BCUT2D eigenvalue weighted by molar-refractivity contribution is -0.144. The molecule has 0 spiro atoms. The summed E-state index contributed by atoms with van der Waals surface area (Å²) in [6.07, 6.45) is 0.364. The van der Waals surface area contributed by atoms with Crippen molar-refractivity contribution in [3.8, 4) is 0 Å². The maximum atomic E-state index is 11.6. The first-order chi connectivity index (χ1) is 9.65. The summed E-state index contributed by atoms with van der Waals surface area (Å²) >= 11 is 0. The highest BCUT2D eigenvalue weighted by atomic mass is 16.5. The topological polar surface area (TPSA) is 58.6 Å². The molecular formula is C15H22N2O3. The molecule has 110 valence electrons. The summed E-state index contributed by atoms with van der Waals surface area (Å²) in [6, 6.07) is 9.85. The Balaban J connectivity index is 2.58. The standard InChI is InChI=1S/C15H22N2O3/c1-3-20-15(19)12-17(10-9-14(18)16-2)11-13-7-5-4-6-8-13/h4-8H,3,9-12H2,1-2H3,(H,16,18). The number of esters is 1. The minimum absolute atomic E-state index is 0.0353. The van der Waals surface area contributed by atoms with E-state index in [0.29, 0.717) is 26.1 Å². The normalized spacial score (nSPS) is 10.3. The van der Waals surface area contributed by atoms with Crippen LogP contribution in [0, 0.1) is 0 Å². The van der Waals surface area contributed by atoms with Crippen molar-refractivity contribution in [1.82, 2.24) is 10.2 Å². The van der Waals surface area contributed by atoms with Crippen LogP contribution >= 0.6 is 0 Å². The number of amides is 1. The molecule has 1 aromatic rings. The lowest BCUT2D eigenvalue weighted by atomic mass is 10.2. The third kappa shape index (κ3) is 6.33. The predicted octanol–water partition coefficient (Wildman–Crippen LogP) is 1.19. The molecule has 0 bridgehead atoms. The van der Waals surface area contributed by atoms with Crippen LogP contribution in [0.5, 0.6) is 0 Å². The summed E-state index contributed by atoms with van der Waals surface area (Å²) in [7, 11) is 1.61. The van der Waals surface area contributed by atoms with Crippen LogP contribution in [0.25, 0.3) is 0 Å². The highest BCUT2D eigenvalue weighted by Crippen LogP contribution is 2.05. The van der Waals surface area contributed by atoms with Crippen LogP contribution in [-0.4, -0.2) is 43.5 Å². The van der Waals surface area contributed by atoms with Gasteiger partial charge in [0.2, 0.25) is 5.91 Å². The zero-order valence-corrected chi connectivity index (χ0v) is 12.1. The second-order valence-corrected chi connectivity index (χ2v) is 4.42. The first kappa shape index (κ1) is 16.2. The fourth-order valence-electron chi connectivity index (χ4n) is 1.83. The molecule has 0 radical (unpaired) electrons. The van der Waals surface area contributed by atoms with E-state index in [4.69, 9.17) is 4.74 Å². The van der Waals surface area contributed by atoms with Gasteiger partial charge in [-0.2, -0.15) is 0 Å². The van der Waals surface area contributed by atoms with Gasteiger partial charge in [-0.25, -0.2) is 0 Å². The van der Waals surface area contributed by atoms with Crippen molar-refractivity contribution < 1.29 is 14.3 Å². The highest BCUT2D eigenvalue weighted by molar-refractivity contribution is 5.76. The Morgan fingerprint density at radius 3 is 2.55 bits per heavy atom. The molecule has 0 saturated heterocycles. The molecule has 20 heavy (non-hydrogen) atoms. The SMILES string of the molecule is CCOC(=O)CN(CCC(=O)NC)Cc1ccccc1. The quantitative estimate of drug-likeness (QED) is 0.726. The molecule has 5 nitrogen and oxygen atoms in total. The van der Waals surface area contributed by atoms with E-state index >= 15 is 0 Å². The van der Waals surface area contributed by atoms with Gasteiger partial charge in [0.25, 0.3) is 0 Å². The summed E-state index contributed by atoms with van der Waals surface area (Å²) < 4.78 is 4.96. The maximum Gasteiger partial charge on any atom is 0.320 e. The Morgan fingerprint density at radius 1 is 1.25 bits per heavy atom. The Bertz CT molecular complexity index is 420. The third-order valence-electron chi connectivity index (χ3n) is 2.84. The van der Waals surface area contributed by atoms with E-state index < -0.39 is 0 Å². The van der Waals surface area contributed by atoms with Crippen molar-refractivity contribution in [2.75, 3.05) is 26.7 Å². The lowest BCUT2D eigenvalue weighted by Gasteiger charge is -2.21. The van der Waals surface area contributed by atoms with E-state index in [1.807, 2.05) is 35.2 Å². The van der Waals surface area contributed by atoms with Gasteiger partial charge in [-0.3, -0.25) is 14.5 Å². The fraction of sp³-hybridized carbons (Fsp3) is 0.467. The molecule has 0 fully saturated rings. The van der Waals surface area contributed by atoms with E-state index in [0.717, 1.165) is 5.56 Å². The maximum absolute atomic E-state index is 11.6. The summed E-state index contributed by atoms with van der Waals surface area (Å²) in [4.78, 5) is 24.8. The Kier molecular flexibility index (Phi) is 7.35. The van der Waals surface area contributed by atoms with Crippen LogP contribution in [0.4, 0.5) is 0 Å². The first-order valence-corrected chi connectivity index (χ1v) is 6.78. The molecule has 0 atom stereocenters. The molecule has 0 unspecified atom stereocenters. The van der Waals surface area contributed by atoms with Crippen molar-refractivity contribution in [3.05, 3.63) is 35.9 Å². The van der Waals surface area contributed by atoms with Crippen LogP contribution in [0.15, 0.2) is 30.3 Å². The number of nitrogens with one attached hydrogen (secondary N) is 1. The van der Waals surface area contributed by atoms with Crippen molar-refractivity contribution in [2.24, 2.45) is 0 Å². The average Bonchev–Trinajstić information content (AvgIpc) is 2.45. The molecule has 1 aromatic carbocycles. The van der Waals surface area contributed by atoms with Crippen LogP contribution in [0.2, 0.25) is 0 Å². The Hall–Kier alpha value is -1.88. The number of hydrogen-bond acceptors (Lipinski definition) is 4. The van der Waals surface area contributed by atoms with Crippen molar-refractivity contribution in [1.29, 1.82) is 0 Å².